The van der Waals surface area contributed by atoms with Gasteiger partial charge < -0.3 is 10.1 Å². The van der Waals surface area contributed by atoms with Crippen molar-refractivity contribution in [2.24, 2.45) is 0 Å². The van der Waals surface area contributed by atoms with Crippen molar-refractivity contribution in [3.63, 3.8) is 0 Å². The molecule has 0 saturated heterocycles. The van der Waals surface area contributed by atoms with Gasteiger partial charge in [-0.15, -0.1) is 0 Å². The lowest BCUT2D eigenvalue weighted by molar-refractivity contribution is -0.113. The lowest BCUT2D eigenvalue weighted by Gasteiger charge is -2.14. The van der Waals surface area contributed by atoms with Crippen LogP contribution in [0.25, 0.3) is 0 Å². The molecule has 1 aliphatic rings. The summed E-state index contributed by atoms with van der Waals surface area (Å²) in [6.07, 6.45) is 6.07. The number of nitrogens with one attached hydrogen (secondary N) is 1. The summed E-state index contributed by atoms with van der Waals surface area (Å²) < 4.78 is 6.67. The molecule has 4 rings (SSSR count). The SMILES string of the molecule is CCOC(=O)c1ccc(NC(=O)CSc2nc(=O)n(Cc3cccnc3)c3c2CCC3)cc1. The molecule has 0 atom stereocenters. The van der Waals surface area contributed by atoms with Gasteiger partial charge in [-0.3, -0.25) is 14.3 Å². The van der Waals surface area contributed by atoms with E-state index in [2.05, 4.69) is 15.3 Å². The minimum absolute atomic E-state index is 0.130. The van der Waals surface area contributed by atoms with E-state index < -0.39 is 5.97 Å². The van der Waals surface area contributed by atoms with Crippen LogP contribution in [0.2, 0.25) is 0 Å². The number of rotatable bonds is 8. The molecule has 0 fully saturated rings. The molecular formula is C24H24N4O4S. The maximum absolute atomic E-state index is 12.8. The van der Waals surface area contributed by atoms with Gasteiger partial charge >= 0.3 is 11.7 Å². The third kappa shape index (κ3) is 5.48. The van der Waals surface area contributed by atoms with Gasteiger partial charge in [-0.05, 0) is 62.1 Å². The molecular weight excluding hydrogens is 440 g/mol. The van der Waals surface area contributed by atoms with Crippen molar-refractivity contribution in [1.29, 1.82) is 0 Å². The van der Waals surface area contributed by atoms with Crippen LogP contribution in [0.1, 0.15) is 40.5 Å². The number of esters is 1. The van der Waals surface area contributed by atoms with Crippen LogP contribution in [0, 0.1) is 0 Å². The first-order valence-corrected chi connectivity index (χ1v) is 11.7. The molecule has 0 spiro atoms. The molecule has 0 bridgehead atoms. The summed E-state index contributed by atoms with van der Waals surface area (Å²) >= 11 is 1.27. The van der Waals surface area contributed by atoms with Crippen molar-refractivity contribution < 1.29 is 14.3 Å². The maximum atomic E-state index is 12.8. The highest BCUT2D eigenvalue weighted by Gasteiger charge is 2.22. The van der Waals surface area contributed by atoms with Crippen molar-refractivity contribution in [2.75, 3.05) is 17.7 Å². The number of thioether (sulfide) groups is 1. The van der Waals surface area contributed by atoms with Crippen LogP contribution in [0.3, 0.4) is 0 Å². The number of benzene rings is 1. The Balaban J connectivity index is 1.42. The summed E-state index contributed by atoms with van der Waals surface area (Å²) in [7, 11) is 0. The zero-order chi connectivity index (χ0) is 23.2. The number of carbonyl (C=O) groups is 2. The second kappa shape index (κ2) is 10.4. The van der Waals surface area contributed by atoms with Gasteiger partial charge in [0, 0.05) is 29.3 Å². The first kappa shape index (κ1) is 22.7. The Labute approximate surface area is 195 Å². The molecule has 33 heavy (non-hydrogen) atoms. The molecule has 0 unspecified atom stereocenters. The number of pyridine rings is 1. The molecule has 1 N–H and O–H groups in total. The van der Waals surface area contributed by atoms with Crippen LogP contribution >= 0.6 is 11.8 Å². The highest BCUT2D eigenvalue weighted by molar-refractivity contribution is 8.00. The fourth-order valence-electron chi connectivity index (χ4n) is 3.78. The van der Waals surface area contributed by atoms with Crippen LogP contribution in [0.5, 0.6) is 0 Å². The minimum atomic E-state index is -0.399. The Bertz CT molecular complexity index is 1210. The first-order valence-electron chi connectivity index (χ1n) is 10.8. The van der Waals surface area contributed by atoms with Crippen LogP contribution in [-0.4, -0.2) is 38.8 Å². The monoisotopic (exact) mass is 464 g/mol. The number of ether oxygens (including phenoxy) is 1. The Morgan fingerprint density at radius 2 is 2.00 bits per heavy atom. The molecule has 2 aromatic heterocycles. The molecule has 170 valence electrons. The molecule has 0 radical (unpaired) electrons. The van der Waals surface area contributed by atoms with Crippen molar-refractivity contribution in [3.8, 4) is 0 Å². The maximum Gasteiger partial charge on any atom is 0.349 e. The molecule has 8 nitrogen and oxygen atoms in total. The van der Waals surface area contributed by atoms with Gasteiger partial charge in [0.05, 0.1) is 24.5 Å². The van der Waals surface area contributed by atoms with Gasteiger partial charge in [-0.2, -0.15) is 4.98 Å². The molecule has 9 heteroatoms. The van der Waals surface area contributed by atoms with Crippen molar-refractivity contribution in [2.45, 2.75) is 37.8 Å². The summed E-state index contributed by atoms with van der Waals surface area (Å²) in [4.78, 5) is 45.4. The van der Waals surface area contributed by atoms with E-state index in [9.17, 15) is 14.4 Å². The fraction of sp³-hybridized carbons (Fsp3) is 0.292. The summed E-state index contributed by atoms with van der Waals surface area (Å²) in [5.74, 6) is -0.480. The molecule has 1 aliphatic carbocycles. The number of hydrogen-bond donors (Lipinski definition) is 1. The third-order valence-corrected chi connectivity index (χ3v) is 6.30. The van der Waals surface area contributed by atoms with E-state index in [1.54, 1.807) is 48.1 Å². The lowest BCUT2D eigenvalue weighted by Crippen LogP contribution is -2.28. The normalized spacial score (nSPS) is 12.3. The quantitative estimate of drug-likeness (QED) is 0.310. The molecule has 3 aromatic rings. The van der Waals surface area contributed by atoms with Crippen molar-refractivity contribution in [3.05, 3.63) is 81.7 Å². The lowest BCUT2D eigenvalue weighted by atomic mass is 10.2. The van der Waals surface area contributed by atoms with Gasteiger partial charge in [0.15, 0.2) is 0 Å². The average Bonchev–Trinajstić information content (AvgIpc) is 3.31. The summed E-state index contributed by atoms with van der Waals surface area (Å²) in [6.45, 7) is 2.49. The van der Waals surface area contributed by atoms with Gasteiger partial charge in [0.25, 0.3) is 0 Å². The van der Waals surface area contributed by atoms with Gasteiger partial charge in [0.1, 0.15) is 5.03 Å². The molecule has 2 heterocycles. The summed E-state index contributed by atoms with van der Waals surface area (Å²) in [6, 6.07) is 10.3. The van der Waals surface area contributed by atoms with E-state index >= 15 is 0 Å². The first-order chi connectivity index (χ1) is 16.0. The number of amides is 1. The largest absolute Gasteiger partial charge is 0.462 e. The Kier molecular flexibility index (Phi) is 7.19. The number of nitrogens with zero attached hydrogens (tertiary/aromatic N) is 3. The Morgan fingerprint density at radius 1 is 1.18 bits per heavy atom. The zero-order valence-corrected chi connectivity index (χ0v) is 19.1. The van der Waals surface area contributed by atoms with Crippen molar-refractivity contribution >= 4 is 29.3 Å². The molecule has 0 saturated carbocycles. The van der Waals surface area contributed by atoms with Gasteiger partial charge in [-0.25, -0.2) is 9.59 Å². The van der Waals surface area contributed by atoms with E-state index in [0.29, 0.717) is 29.4 Å². The highest BCUT2D eigenvalue weighted by atomic mass is 32.2. The van der Waals surface area contributed by atoms with Gasteiger partial charge in [-0.1, -0.05) is 17.8 Å². The van der Waals surface area contributed by atoms with E-state index in [1.807, 2.05) is 12.1 Å². The summed E-state index contributed by atoms with van der Waals surface area (Å²) in [5, 5.41) is 3.43. The van der Waals surface area contributed by atoms with Crippen LogP contribution < -0.4 is 11.0 Å². The van der Waals surface area contributed by atoms with E-state index in [4.69, 9.17) is 4.74 Å². The predicted molar refractivity (Wildman–Crippen MR) is 126 cm³/mol. The standard InChI is InChI=1S/C24H24N4O4S/c1-2-32-23(30)17-8-10-18(11-9-17)26-21(29)15-33-22-19-6-3-7-20(19)28(24(31)27-22)14-16-5-4-12-25-13-16/h4-5,8-13H,2-3,6-7,14-15H2,1H3,(H,26,29). The van der Waals surface area contributed by atoms with Crippen LogP contribution in [-0.2, 0) is 28.9 Å². The number of hydrogen-bond acceptors (Lipinski definition) is 7. The average molecular weight is 465 g/mol. The van der Waals surface area contributed by atoms with E-state index in [-0.39, 0.29) is 17.3 Å². The highest BCUT2D eigenvalue weighted by Crippen LogP contribution is 2.29. The topological polar surface area (TPSA) is 103 Å². The number of aromatic nitrogens is 3. The predicted octanol–water partition coefficient (Wildman–Crippen LogP) is 3.08. The zero-order valence-electron chi connectivity index (χ0n) is 18.2. The Morgan fingerprint density at radius 3 is 2.73 bits per heavy atom. The van der Waals surface area contributed by atoms with Crippen molar-refractivity contribution in [1.82, 2.24) is 14.5 Å². The number of carbonyl (C=O) groups excluding carboxylic acids is 2. The van der Waals surface area contributed by atoms with Gasteiger partial charge in [0.2, 0.25) is 5.91 Å². The third-order valence-electron chi connectivity index (χ3n) is 5.28. The second-order valence-electron chi connectivity index (χ2n) is 7.56. The smallest absolute Gasteiger partial charge is 0.349 e. The van der Waals surface area contributed by atoms with Crippen LogP contribution in [0.15, 0.2) is 58.6 Å². The Hall–Kier alpha value is -3.46. The molecule has 0 aliphatic heterocycles. The molecule has 1 amide bonds. The van der Waals surface area contributed by atoms with E-state index in [0.717, 1.165) is 36.1 Å². The second-order valence-corrected chi connectivity index (χ2v) is 8.52. The summed E-state index contributed by atoms with van der Waals surface area (Å²) in [5.41, 5.74) is 3.70. The van der Waals surface area contributed by atoms with Crippen LogP contribution in [0.4, 0.5) is 5.69 Å². The molecule has 1 aromatic carbocycles. The van der Waals surface area contributed by atoms with E-state index in [1.165, 1.54) is 11.8 Å². The fourth-order valence-corrected chi connectivity index (χ4v) is 4.65. The minimum Gasteiger partial charge on any atom is -0.462 e. The number of fused-ring (bicyclic) bond motifs is 1. The number of anilines is 1.